The molecule has 0 fully saturated rings. The van der Waals surface area contributed by atoms with Gasteiger partial charge in [-0.25, -0.2) is 0 Å². The van der Waals surface area contributed by atoms with Gasteiger partial charge in [0.2, 0.25) is 0 Å². The van der Waals surface area contributed by atoms with E-state index < -0.39 is 0 Å². The van der Waals surface area contributed by atoms with Gasteiger partial charge in [0.15, 0.2) is 0 Å². The first-order chi connectivity index (χ1) is 9.92. The molecule has 0 amide bonds. The molecule has 21 heavy (non-hydrogen) atoms. The summed E-state index contributed by atoms with van der Waals surface area (Å²) in [5, 5.41) is 3.52. The molecule has 122 valence electrons. The van der Waals surface area contributed by atoms with Crippen LogP contribution in [0.3, 0.4) is 0 Å². The Kier molecular flexibility index (Phi) is 8.49. The van der Waals surface area contributed by atoms with E-state index in [2.05, 4.69) is 69.0 Å². The van der Waals surface area contributed by atoms with Crippen LogP contribution in [0.1, 0.15) is 37.4 Å². The van der Waals surface area contributed by atoms with E-state index in [9.17, 15) is 0 Å². The molecule has 1 unspecified atom stereocenters. The minimum Gasteiger partial charge on any atom is -0.312 e. The fourth-order valence-electron chi connectivity index (χ4n) is 2.51. The van der Waals surface area contributed by atoms with Crippen LogP contribution in [-0.4, -0.2) is 49.6 Å². The van der Waals surface area contributed by atoms with Gasteiger partial charge in [0, 0.05) is 35.4 Å². The zero-order chi connectivity index (χ0) is 15.8. The second kappa shape index (κ2) is 9.57. The predicted octanol–water partition coefficient (Wildman–Crippen LogP) is 3.27. The summed E-state index contributed by atoms with van der Waals surface area (Å²) in [6, 6.07) is 5.16. The van der Waals surface area contributed by atoms with Crippen molar-refractivity contribution in [3.63, 3.8) is 0 Å². The third kappa shape index (κ3) is 7.41. The van der Waals surface area contributed by atoms with Crippen molar-refractivity contribution in [2.75, 3.05) is 33.7 Å². The number of likely N-dealkylation sites (N-methyl/N-ethyl adjacent to an activating group) is 2. The van der Waals surface area contributed by atoms with Gasteiger partial charge in [-0.3, -0.25) is 4.90 Å². The number of hydrogen-bond acceptors (Lipinski definition) is 4. The van der Waals surface area contributed by atoms with Crippen LogP contribution in [0.15, 0.2) is 12.1 Å². The van der Waals surface area contributed by atoms with Gasteiger partial charge < -0.3 is 10.2 Å². The molecule has 4 heteroatoms. The summed E-state index contributed by atoms with van der Waals surface area (Å²) >= 11 is 1.95. The molecule has 3 nitrogen and oxygen atoms in total. The van der Waals surface area contributed by atoms with E-state index >= 15 is 0 Å². The maximum absolute atomic E-state index is 3.52. The van der Waals surface area contributed by atoms with E-state index in [1.165, 1.54) is 9.75 Å². The number of rotatable bonds is 10. The highest BCUT2D eigenvalue weighted by atomic mass is 32.1. The first-order valence-corrected chi connectivity index (χ1v) is 8.91. The van der Waals surface area contributed by atoms with Gasteiger partial charge in [0.1, 0.15) is 0 Å². The minimum absolute atomic E-state index is 0.592. The second-order valence-corrected chi connectivity index (χ2v) is 7.82. The molecule has 0 bridgehead atoms. The quantitative estimate of drug-likeness (QED) is 0.715. The molecule has 0 aliphatic heterocycles. The van der Waals surface area contributed by atoms with Crippen LogP contribution in [0, 0.1) is 5.92 Å². The van der Waals surface area contributed by atoms with Crippen LogP contribution in [-0.2, 0) is 13.1 Å². The summed E-state index contributed by atoms with van der Waals surface area (Å²) in [5.74, 6) is 0.715. The van der Waals surface area contributed by atoms with E-state index in [-0.39, 0.29) is 0 Å². The van der Waals surface area contributed by atoms with Crippen LogP contribution in [0.5, 0.6) is 0 Å². The Morgan fingerprint density at radius 3 is 2.38 bits per heavy atom. The van der Waals surface area contributed by atoms with Crippen molar-refractivity contribution in [1.29, 1.82) is 0 Å². The zero-order valence-corrected chi connectivity index (χ0v) is 15.5. The largest absolute Gasteiger partial charge is 0.312 e. The van der Waals surface area contributed by atoms with Gasteiger partial charge in [-0.15, -0.1) is 11.3 Å². The Balaban J connectivity index is 2.47. The van der Waals surface area contributed by atoms with Crippen molar-refractivity contribution in [2.45, 2.75) is 46.8 Å². The molecular formula is C17H33N3S. The van der Waals surface area contributed by atoms with Crippen molar-refractivity contribution in [1.82, 2.24) is 15.1 Å². The zero-order valence-electron chi connectivity index (χ0n) is 14.6. The molecule has 1 N–H and O–H groups in total. The summed E-state index contributed by atoms with van der Waals surface area (Å²) in [7, 11) is 4.29. The minimum atomic E-state index is 0.592. The lowest BCUT2D eigenvalue weighted by Gasteiger charge is -2.29. The van der Waals surface area contributed by atoms with E-state index in [1.807, 2.05) is 11.3 Å². The molecule has 1 aromatic heterocycles. The lowest BCUT2D eigenvalue weighted by Crippen LogP contribution is -2.39. The molecule has 0 saturated carbocycles. The van der Waals surface area contributed by atoms with Gasteiger partial charge in [-0.05, 0) is 52.2 Å². The maximum Gasteiger partial charge on any atom is 0.0331 e. The van der Waals surface area contributed by atoms with Gasteiger partial charge in [-0.1, -0.05) is 20.8 Å². The van der Waals surface area contributed by atoms with Gasteiger partial charge in [-0.2, -0.15) is 0 Å². The number of hydrogen-bond donors (Lipinski definition) is 1. The molecule has 0 saturated heterocycles. The van der Waals surface area contributed by atoms with E-state index in [4.69, 9.17) is 0 Å². The predicted molar refractivity (Wildman–Crippen MR) is 95.0 cm³/mol. The fourth-order valence-corrected chi connectivity index (χ4v) is 3.52. The van der Waals surface area contributed by atoms with Gasteiger partial charge >= 0.3 is 0 Å². The van der Waals surface area contributed by atoms with Crippen LogP contribution >= 0.6 is 11.3 Å². The molecule has 0 radical (unpaired) electrons. The summed E-state index contributed by atoms with van der Waals surface area (Å²) in [5.41, 5.74) is 0. The monoisotopic (exact) mass is 311 g/mol. The number of nitrogens with one attached hydrogen (secondary N) is 1. The third-order valence-electron chi connectivity index (χ3n) is 3.59. The lowest BCUT2D eigenvalue weighted by atomic mass is 10.2. The Labute approximate surface area is 135 Å². The summed E-state index contributed by atoms with van der Waals surface area (Å²) in [6.07, 6.45) is 0. The highest BCUT2D eigenvalue weighted by Gasteiger charge is 2.14. The number of nitrogens with zero attached hydrogens (tertiary/aromatic N) is 2. The standard InChI is InChI=1S/C17H33N3S/c1-7-20(15(4)12-19(5)6)13-17-9-8-16(21-17)11-18-10-14(2)3/h8-9,14-15,18H,7,10-13H2,1-6H3. The highest BCUT2D eigenvalue weighted by molar-refractivity contribution is 7.11. The molecule has 0 aliphatic carbocycles. The van der Waals surface area contributed by atoms with Crippen molar-refractivity contribution >= 4 is 11.3 Å². The second-order valence-electron chi connectivity index (χ2n) is 6.57. The topological polar surface area (TPSA) is 18.5 Å². The summed E-state index contributed by atoms with van der Waals surface area (Å²) in [6.45, 7) is 14.5. The van der Waals surface area contributed by atoms with Crippen LogP contribution < -0.4 is 5.32 Å². The van der Waals surface area contributed by atoms with Crippen molar-refractivity contribution in [2.24, 2.45) is 5.92 Å². The molecule has 0 spiro atoms. The van der Waals surface area contributed by atoms with Crippen LogP contribution in [0.2, 0.25) is 0 Å². The number of thiophene rings is 1. The lowest BCUT2D eigenvalue weighted by molar-refractivity contribution is 0.175. The normalized spacial score (nSPS) is 13.6. The van der Waals surface area contributed by atoms with Crippen LogP contribution in [0.25, 0.3) is 0 Å². The Hall–Kier alpha value is -0.420. The van der Waals surface area contributed by atoms with Crippen molar-refractivity contribution in [3.8, 4) is 0 Å². The van der Waals surface area contributed by atoms with Crippen LogP contribution in [0.4, 0.5) is 0 Å². The van der Waals surface area contributed by atoms with Crippen molar-refractivity contribution in [3.05, 3.63) is 21.9 Å². The Morgan fingerprint density at radius 1 is 1.14 bits per heavy atom. The van der Waals surface area contributed by atoms with E-state index in [0.717, 1.165) is 32.7 Å². The Morgan fingerprint density at radius 2 is 1.81 bits per heavy atom. The molecule has 0 aliphatic rings. The van der Waals surface area contributed by atoms with Gasteiger partial charge in [0.25, 0.3) is 0 Å². The average molecular weight is 312 g/mol. The van der Waals surface area contributed by atoms with E-state index in [0.29, 0.717) is 12.0 Å². The summed E-state index contributed by atoms with van der Waals surface area (Å²) in [4.78, 5) is 7.74. The average Bonchev–Trinajstić information content (AvgIpc) is 2.82. The fraction of sp³-hybridized carbons (Fsp3) is 0.765. The highest BCUT2D eigenvalue weighted by Crippen LogP contribution is 2.19. The summed E-state index contributed by atoms with van der Waals surface area (Å²) < 4.78 is 0. The smallest absolute Gasteiger partial charge is 0.0331 e. The van der Waals surface area contributed by atoms with Gasteiger partial charge in [0.05, 0.1) is 0 Å². The maximum atomic E-state index is 3.52. The molecule has 0 aromatic carbocycles. The molecule has 1 atom stereocenters. The first-order valence-electron chi connectivity index (χ1n) is 8.09. The molecule has 1 aromatic rings. The molecule has 1 heterocycles. The molecular weight excluding hydrogens is 278 g/mol. The molecule has 1 rings (SSSR count). The Bertz CT molecular complexity index is 387. The van der Waals surface area contributed by atoms with E-state index in [1.54, 1.807) is 0 Å². The SMILES string of the molecule is CCN(Cc1ccc(CNCC(C)C)s1)C(C)CN(C)C. The third-order valence-corrected chi connectivity index (χ3v) is 4.66. The van der Waals surface area contributed by atoms with Crippen molar-refractivity contribution < 1.29 is 0 Å². The first kappa shape index (κ1) is 18.6.